The molecule has 3 nitrogen and oxygen atoms in total. The molecule has 0 bridgehead atoms. The molecule has 2 aliphatic heterocycles. The maximum Gasteiger partial charge on any atom is 0.108 e. The molecule has 2 rings (SSSR count). The van der Waals surface area contributed by atoms with Crippen molar-refractivity contribution in [2.24, 2.45) is 5.92 Å². The zero-order chi connectivity index (χ0) is 11.4. The summed E-state index contributed by atoms with van der Waals surface area (Å²) in [6.07, 6.45) is 5.42. The molecule has 2 unspecified atom stereocenters. The highest BCUT2D eigenvalue weighted by molar-refractivity contribution is 5.85. The molecule has 102 valence electrons. The van der Waals surface area contributed by atoms with Crippen LogP contribution in [0.4, 0.5) is 0 Å². The fourth-order valence-corrected chi connectivity index (χ4v) is 2.83. The molecule has 4 heteroatoms. The van der Waals surface area contributed by atoms with Gasteiger partial charge in [0.05, 0.1) is 0 Å². The molecule has 2 aliphatic rings. The van der Waals surface area contributed by atoms with Crippen molar-refractivity contribution in [2.45, 2.75) is 51.8 Å². The van der Waals surface area contributed by atoms with Gasteiger partial charge in [0, 0.05) is 19.2 Å². The van der Waals surface area contributed by atoms with E-state index in [1.165, 1.54) is 38.8 Å². The Kier molecular flexibility index (Phi) is 6.78. The summed E-state index contributed by atoms with van der Waals surface area (Å²) in [5, 5.41) is 3.47. The number of ether oxygens (including phenoxy) is 1. The molecular formula is C13H27ClN2O. The zero-order valence-corrected chi connectivity index (χ0v) is 12.0. The lowest BCUT2D eigenvalue weighted by atomic mass is 9.93. The first-order chi connectivity index (χ1) is 7.75. The van der Waals surface area contributed by atoms with Crippen molar-refractivity contribution in [3.63, 3.8) is 0 Å². The van der Waals surface area contributed by atoms with E-state index in [0.717, 1.165) is 19.1 Å². The minimum Gasteiger partial charge on any atom is -0.363 e. The van der Waals surface area contributed by atoms with E-state index in [-0.39, 0.29) is 12.4 Å². The third-order valence-electron chi connectivity index (χ3n) is 3.84. The number of rotatable bonds is 3. The summed E-state index contributed by atoms with van der Waals surface area (Å²) in [6.45, 7) is 9.23. The van der Waals surface area contributed by atoms with Gasteiger partial charge in [-0.1, -0.05) is 0 Å². The van der Waals surface area contributed by atoms with Crippen LogP contribution in [0.1, 0.15) is 39.5 Å². The smallest absolute Gasteiger partial charge is 0.108 e. The van der Waals surface area contributed by atoms with Crippen LogP contribution in [0.3, 0.4) is 0 Å². The molecule has 2 heterocycles. The highest BCUT2D eigenvalue weighted by atomic mass is 35.5. The number of nitrogens with zero attached hydrogens (tertiary/aromatic N) is 1. The summed E-state index contributed by atoms with van der Waals surface area (Å²) in [7, 11) is 0. The predicted molar refractivity (Wildman–Crippen MR) is 73.7 cm³/mol. The van der Waals surface area contributed by atoms with E-state index in [9.17, 15) is 0 Å². The van der Waals surface area contributed by atoms with Gasteiger partial charge in [0.15, 0.2) is 0 Å². The van der Waals surface area contributed by atoms with Crippen LogP contribution in [0.5, 0.6) is 0 Å². The summed E-state index contributed by atoms with van der Waals surface area (Å²) in [5.41, 5.74) is 0. The van der Waals surface area contributed by atoms with E-state index >= 15 is 0 Å². The number of piperidine rings is 1. The molecular weight excluding hydrogens is 236 g/mol. The summed E-state index contributed by atoms with van der Waals surface area (Å²) in [5.74, 6) is 0.826. The Hall–Kier alpha value is 0.170. The standard InChI is InChI=1S/C13H26N2O.ClH/c1-11(2)15-7-3-5-12(10-15)9-13-14-6-4-8-16-13;/h11-14H,3-10H2,1-2H3;1H. The van der Waals surface area contributed by atoms with Crippen LogP contribution in [0.2, 0.25) is 0 Å². The second-order valence-corrected chi connectivity index (χ2v) is 5.50. The molecule has 2 atom stereocenters. The second kappa shape index (κ2) is 7.57. The third-order valence-corrected chi connectivity index (χ3v) is 3.84. The average molecular weight is 263 g/mol. The van der Waals surface area contributed by atoms with Gasteiger partial charge in [-0.3, -0.25) is 5.32 Å². The van der Waals surface area contributed by atoms with Gasteiger partial charge in [0.1, 0.15) is 6.23 Å². The van der Waals surface area contributed by atoms with Gasteiger partial charge >= 0.3 is 0 Å². The van der Waals surface area contributed by atoms with Gasteiger partial charge in [0.25, 0.3) is 0 Å². The van der Waals surface area contributed by atoms with Crippen LogP contribution in [-0.4, -0.2) is 43.4 Å². The Morgan fingerprint density at radius 2 is 2.18 bits per heavy atom. The fourth-order valence-electron chi connectivity index (χ4n) is 2.83. The van der Waals surface area contributed by atoms with Crippen molar-refractivity contribution >= 4 is 12.4 Å². The van der Waals surface area contributed by atoms with Gasteiger partial charge in [-0.05, 0) is 58.5 Å². The molecule has 0 saturated carbocycles. The largest absolute Gasteiger partial charge is 0.363 e. The van der Waals surface area contributed by atoms with Gasteiger partial charge in [-0.15, -0.1) is 12.4 Å². The lowest BCUT2D eigenvalue weighted by Crippen LogP contribution is -2.44. The Bertz CT molecular complexity index is 208. The highest BCUT2D eigenvalue weighted by Crippen LogP contribution is 2.23. The molecule has 0 aliphatic carbocycles. The van der Waals surface area contributed by atoms with E-state index in [1.807, 2.05) is 0 Å². The summed E-state index contributed by atoms with van der Waals surface area (Å²) in [6, 6.07) is 0.697. The van der Waals surface area contributed by atoms with E-state index in [1.54, 1.807) is 0 Å². The van der Waals surface area contributed by atoms with E-state index in [0.29, 0.717) is 12.3 Å². The minimum atomic E-state index is 0. The zero-order valence-electron chi connectivity index (χ0n) is 11.2. The summed E-state index contributed by atoms with van der Waals surface area (Å²) >= 11 is 0. The van der Waals surface area contributed by atoms with Crippen LogP contribution in [0.15, 0.2) is 0 Å². The van der Waals surface area contributed by atoms with Crippen molar-refractivity contribution in [3.8, 4) is 0 Å². The van der Waals surface area contributed by atoms with Crippen molar-refractivity contribution in [3.05, 3.63) is 0 Å². The molecule has 17 heavy (non-hydrogen) atoms. The molecule has 0 radical (unpaired) electrons. The van der Waals surface area contributed by atoms with Crippen LogP contribution in [0.25, 0.3) is 0 Å². The maximum absolute atomic E-state index is 5.75. The van der Waals surface area contributed by atoms with E-state index in [2.05, 4.69) is 24.1 Å². The monoisotopic (exact) mass is 262 g/mol. The number of likely N-dealkylation sites (tertiary alicyclic amines) is 1. The molecule has 2 saturated heterocycles. The van der Waals surface area contributed by atoms with Crippen LogP contribution in [0, 0.1) is 5.92 Å². The van der Waals surface area contributed by atoms with E-state index in [4.69, 9.17) is 4.74 Å². The maximum atomic E-state index is 5.75. The number of nitrogens with one attached hydrogen (secondary N) is 1. The quantitative estimate of drug-likeness (QED) is 0.845. The third kappa shape index (κ3) is 4.74. The summed E-state index contributed by atoms with van der Waals surface area (Å²) in [4.78, 5) is 2.61. The molecule has 0 amide bonds. The normalized spacial score (nSPS) is 31.2. The van der Waals surface area contributed by atoms with Gasteiger partial charge in [-0.25, -0.2) is 0 Å². The molecule has 0 aromatic heterocycles. The van der Waals surface area contributed by atoms with Gasteiger partial charge in [0.2, 0.25) is 0 Å². The minimum absolute atomic E-state index is 0. The predicted octanol–water partition coefficient (Wildman–Crippen LogP) is 2.25. The number of hydrogen-bond acceptors (Lipinski definition) is 3. The Morgan fingerprint density at radius 3 is 2.82 bits per heavy atom. The van der Waals surface area contributed by atoms with Crippen LogP contribution < -0.4 is 5.32 Å². The molecule has 0 aromatic carbocycles. The Balaban J connectivity index is 0.00000144. The second-order valence-electron chi connectivity index (χ2n) is 5.50. The van der Waals surface area contributed by atoms with E-state index < -0.39 is 0 Å². The van der Waals surface area contributed by atoms with Gasteiger partial charge in [-0.2, -0.15) is 0 Å². The summed E-state index contributed by atoms with van der Waals surface area (Å²) < 4.78 is 5.75. The first kappa shape index (κ1) is 15.2. The molecule has 2 fully saturated rings. The van der Waals surface area contributed by atoms with Crippen molar-refractivity contribution in [1.82, 2.24) is 10.2 Å². The van der Waals surface area contributed by atoms with Crippen molar-refractivity contribution in [1.29, 1.82) is 0 Å². The SMILES string of the molecule is CC(C)N1CCCC(CC2NCCCO2)C1.Cl. The highest BCUT2D eigenvalue weighted by Gasteiger charge is 2.25. The topological polar surface area (TPSA) is 24.5 Å². The lowest BCUT2D eigenvalue weighted by Gasteiger charge is -2.37. The Morgan fingerprint density at radius 1 is 1.35 bits per heavy atom. The average Bonchev–Trinajstić information content (AvgIpc) is 2.30. The molecule has 1 N–H and O–H groups in total. The van der Waals surface area contributed by atoms with Crippen LogP contribution in [-0.2, 0) is 4.74 Å². The van der Waals surface area contributed by atoms with Crippen LogP contribution >= 0.6 is 12.4 Å². The number of halogens is 1. The van der Waals surface area contributed by atoms with Gasteiger partial charge < -0.3 is 9.64 Å². The Labute approximate surface area is 112 Å². The van der Waals surface area contributed by atoms with Crippen molar-refractivity contribution < 1.29 is 4.74 Å². The van der Waals surface area contributed by atoms with Crippen molar-refractivity contribution in [2.75, 3.05) is 26.2 Å². The molecule has 0 spiro atoms. The first-order valence-electron chi connectivity index (χ1n) is 6.84. The lowest BCUT2D eigenvalue weighted by molar-refractivity contribution is -0.0217. The first-order valence-corrected chi connectivity index (χ1v) is 6.84. The number of hydrogen-bond donors (Lipinski definition) is 1. The fraction of sp³-hybridized carbons (Fsp3) is 1.00. The molecule has 0 aromatic rings.